The minimum absolute atomic E-state index is 0.0491. The van der Waals surface area contributed by atoms with Crippen LogP contribution in [0.5, 0.6) is 0 Å². The predicted molar refractivity (Wildman–Crippen MR) is 66.8 cm³/mol. The van der Waals surface area contributed by atoms with Crippen LogP contribution in [0.2, 0.25) is 5.02 Å². The molecule has 0 fully saturated rings. The zero-order valence-electron chi connectivity index (χ0n) is 7.56. The number of carbonyl (C=O) groups excluding carboxylic acids is 1. The van der Waals surface area contributed by atoms with Gasteiger partial charge in [0, 0.05) is 15.9 Å². The first-order valence-electron chi connectivity index (χ1n) is 4.09. The lowest BCUT2D eigenvalue weighted by atomic mass is 10.1. The van der Waals surface area contributed by atoms with Crippen LogP contribution in [0.4, 0.5) is 0 Å². The monoisotopic (exact) mass is 338 g/mol. The minimum atomic E-state index is -0.173. The summed E-state index contributed by atoms with van der Waals surface area (Å²) < 4.78 is 0. The quantitative estimate of drug-likeness (QED) is 0.595. The van der Waals surface area contributed by atoms with Crippen LogP contribution < -0.4 is 0 Å². The topological polar surface area (TPSA) is 17.1 Å². The summed E-state index contributed by atoms with van der Waals surface area (Å²) in [6, 6.07) is 5.36. The number of rotatable bonds is 3. The third-order valence-corrected chi connectivity index (χ3v) is 3.21. The Balaban J connectivity index is 3.03. The molecule has 0 amide bonds. The van der Waals surface area contributed by atoms with Crippen LogP contribution in [0.25, 0.3) is 0 Å². The van der Waals surface area contributed by atoms with Crippen molar-refractivity contribution in [3.63, 3.8) is 0 Å². The largest absolute Gasteiger partial charge is 0.293 e. The van der Waals surface area contributed by atoms with Crippen molar-refractivity contribution in [2.45, 2.75) is 17.1 Å². The molecular formula is C10H9Br2ClO. The van der Waals surface area contributed by atoms with E-state index in [4.69, 9.17) is 11.6 Å². The number of hydrogen-bond donors (Lipinski definition) is 0. The van der Waals surface area contributed by atoms with Crippen LogP contribution in [-0.2, 0) is 5.33 Å². The fourth-order valence-corrected chi connectivity index (χ4v) is 2.20. The molecule has 1 rings (SSSR count). The highest BCUT2D eigenvalue weighted by molar-refractivity contribution is 9.10. The van der Waals surface area contributed by atoms with Crippen molar-refractivity contribution in [3.05, 3.63) is 34.3 Å². The number of alkyl halides is 2. The zero-order chi connectivity index (χ0) is 10.7. The van der Waals surface area contributed by atoms with Crippen molar-refractivity contribution >= 4 is 49.2 Å². The Bertz CT molecular complexity index is 350. The number of ketones is 1. The Kier molecular flexibility index (Phi) is 4.61. The van der Waals surface area contributed by atoms with Gasteiger partial charge < -0.3 is 0 Å². The van der Waals surface area contributed by atoms with Crippen LogP contribution in [0.3, 0.4) is 0 Å². The number of benzene rings is 1. The smallest absolute Gasteiger partial charge is 0.176 e. The molecule has 1 aromatic rings. The van der Waals surface area contributed by atoms with Crippen LogP contribution in [0.15, 0.2) is 18.2 Å². The summed E-state index contributed by atoms with van der Waals surface area (Å²) in [6.07, 6.45) is 0. The van der Waals surface area contributed by atoms with Crippen molar-refractivity contribution in [1.29, 1.82) is 0 Å². The second-order valence-corrected chi connectivity index (χ2v) is 5.26. The predicted octanol–water partition coefficient (Wildman–Crippen LogP) is 4.20. The summed E-state index contributed by atoms with van der Waals surface area (Å²) in [5.74, 6) is 0.0491. The van der Waals surface area contributed by atoms with Crippen molar-refractivity contribution in [2.75, 3.05) is 0 Å². The van der Waals surface area contributed by atoms with Crippen LogP contribution >= 0.6 is 43.5 Å². The molecule has 0 bridgehead atoms. The van der Waals surface area contributed by atoms with Gasteiger partial charge in [0.25, 0.3) is 0 Å². The molecule has 0 aromatic heterocycles. The van der Waals surface area contributed by atoms with Gasteiger partial charge in [-0.2, -0.15) is 0 Å². The summed E-state index contributed by atoms with van der Waals surface area (Å²) in [4.78, 5) is 11.4. The molecule has 0 radical (unpaired) electrons. The molecule has 0 N–H and O–H groups in total. The van der Waals surface area contributed by atoms with Crippen LogP contribution in [0, 0.1) is 0 Å². The molecule has 4 heteroatoms. The fraction of sp³-hybridized carbons (Fsp3) is 0.300. The standard InChI is InChI=1S/C10H9Br2ClO/c1-6(12)10(14)7-2-3-8(5-11)9(13)4-7/h2-4,6H,5H2,1H3. The molecule has 76 valence electrons. The zero-order valence-corrected chi connectivity index (χ0v) is 11.5. The number of hydrogen-bond acceptors (Lipinski definition) is 1. The van der Waals surface area contributed by atoms with Gasteiger partial charge in [0.1, 0.15) is 0 Å². The molecule has 0 saturated heterocycles. The first-order chi connectivity index (χ1) is 6.56. The molecule has 0 saturated carbocycles. The average Bonchev–Trinajstić information content (AvgIpc) is 2.16. The normalized spacial score (nSPS) is 12.6. The average molecular weight is 340 g/mol. The Morgan fingerprint density at radius 3 is 2.64 bits per heavy atom. The third-order valence-electron chi connectivity index (χ3n) is 1.84. The molecule has 1 aromatic carbocycles. The lowest BCUT2D eigenvalue weighted by Gasteiger charge is -2.05. The minimum Gasteiger partial charge on any atom is -0.293 e. The van der Waals surface area contributed by atoms with Gasteiger partial charge in [-0.05, 0) is 18.6 Å². The van der Waals surface area contributed by atoms with E-state index in [1.54, 1.807) is 19.1 Å². The van der Waals surface area contributed by atoms with Gasteiger partial charge in [-0.25, -0.2) is 0 Å². The molecule has 0 aliphatic heterocycles. The highest BCUT2D eigenvalue weighted by Gasteiger charge is 2.12. The molecule has 1 unspecified atom stereocenters. The fourth-order valence-electron chi connectivity index (χ4n) is 1.04. The molecule has 14 heavy (non-hydrogen) atoms. The van der Waals surface area contributed by atoms with Gasteiger partial charge in [-0.3, -0.25) is 4.79 Å². The maximum atomic E-state index is 11.6. The maximum absolute atomic E-state index is 11.6. The molecule has 0 aliphatic carbocycles. The Morgan fingerprint density at radius 2 is 2.21 bits per heavy atom. The summed E-state index contributed by atoms with van der Waals surface area (Å²) in [6.45, 7) is 1.80. The van der Waals surface area contributed by atoms with E-state index in [0.29, 0.717) is 15.9 Å². The van der Waals surface area contributed by atoms with Gasteiger partial charge in [0.15, 0.2) is 5.78 Å². The van der Waals surface area contributed by atoms with E-state index in [2.05, 4.69) is 31.9 Å². The lowest BCUT2D eigenvalue weighted by molar-refractivity contribution is 0.0996. The Labute approximate surface area is 105 Å². The Hall–Kier alpha value is 0.140. The Morgan fingerprint density at radius 1 is 1.57 bits per heavy atom. The van der Waals surface area contributed by atoms with E-state index >= 15 is 0 Å². The number of carbonyl (C=O) groups is 1. The van der Waals surface area contributed by atoms with Crippen molar-refractivity contribution in [2.24, 2.45) is 0 Å². The first-order valence-corrected chi connectivity index (χ1v) is 6.50. The van der Waals surface area contributed by atoms with Crippen molar-refractivity contribution in [1.82, 2.24) is 0 Å². The highest BCUT2D eigenvalue weighted by Crippen LogP contribution is 2.21. The second kappa shape index (κ2) is 5.29. The second-order valence-electron chi connectivity index (χ2n) is 2.92. The third kappa shape index (κ3) is 2.81. The highest BCUT2D eigenvalue weighted by atomic mass is 79.9. The number of halogens is 3. The first kappa shape index (κ1) is 12.2. The van der Waals surface area contributed by atoms with E-state index in [1.807, 2.05) is 6.07 Å². The van der Waals surface area contributed by atoms with Crippen LogP contribution in [-0.4, -0.2) is 10.6 Å². The molecule has 0 aliphatic rings. The van der Waals surface area contributed by atoms with Gasteiger partial charge in [0.05, 0.1) is 4.83 Å². The van der Waals surface area contributed by atoms with Crippen LogP contribution in [0.1, 0.15) is 22.8 Å². The summed E-state index contributed by atoms with van der Waals surface area (Å²) >= 11 is 12.5. The lowest BCUT2D eigenvalue weighted by Crippen LogP contribution is -2.09. The van der Waals surface area contributed by atoms with Crippen molar-refractivity contribution < 1.29 is 4.79 Å². The van der Waals surface area contributed by atoms with E-state index in [1.165, 1.54) is 0 Å². The van der Waals surface area contributed by atoms with Gasteiger partial charge in [-0.1, -0.05) is 55.6 Å². The van der Waals surface area contributed by atoms with E-state index < -0.39 is 0 Å². The summed E-state index contributed by atoms with van der Waals surface area (Å²) in [5.41, 5.74) is 1.63. The van der Waals surface area contributed by atoms with Crippen molar-refractivity contribution in [3.8, 4) is 0 Å². The van der Waals surface area contributed by atoms with E-state index in [-0.39, 0.29) is 10.6 Å². The summed E-state index contributed by atoms with van der Waals surface area (Å²) in [7, 11) is 0. The molecular weight excluding hydrogens is 331 g/mol. The van der Waals surface area contributed by atoms with E-state index in [9.17, 15) is 4.79 Å². The van der Waals surface area contributed by atoms with Gasteiger partial charge in [-0.15, -0.1) is 0 Å². The molecule has 0 spiro atoms. The van der Waals surface area contributed by atoms with Gasteiger partial charge in [0.2, 0.25) is 0 Å². The molecule has 0 heterocycles. The SMILES string of the molecule is CC(Br)C(=O)c1ccc(CBr)c(Cl)c1. The summed E-state index contributed by atoms with van der Waals surface area (Å²) in [5, 5.41) is 1.32. The molecule has 1 atom stereocenters. The molecule has 1 nitrogen and oxygen atoms in total. The van der Waals surface area contributed by atoms with Gasteiger partial charge >= 0.3 is 0 Å². The number of Topliss-reactive ketones (excluding diaryl/α,β-unsaturated/α-hetero) is 1. The van der Waals surface area contributed by atoms with E-state index in [0.717, 1.165) is 5.56 Å². The maximum Gasteiger partial charge on any atom is 0.176 e.